The van der Waals surface area contributed by atoms with Crippen LogP contribution in [0.2, 0.25) is 0 Å². The van der Waals surface area contributed by atoms with E-state index in [1.54, 1.807) is 0 Å². The number of carboxylic acids is 1. The minimum Gasteiger partial charge on any atom is -0.480 e. The summed E-state index contributed by atoms with van der Waals surface area (Å²) in [5, 5.41) is 16.6. The Morgan fingerprint density at radius 2 is 1.44 bits per heavy atom. The lowest BCUT2D eigenvalue weighted by Gasteiger charge is -2.24. The van der Waals surface area contributed by atoms with E-state index in [-0.39, 0.29) is 18.8 Å². The first kappa shape index (κ1) is 29.3. The summed E-state index contributed by atoms with van der Waals surface area (Å²) in [5.74, 6) is -3.65. The van der Waals surface area contributed by atoms with Gasteiger partial charge in [0.15, 0.2) is 0 Å². The van der Waals surface area contributed by atoms with Crippen LogP contribution >= 0.6 is 0 Å². The van der Waals surface area contributed by atoms with Gasteiger partial charge in [-0.2, -0.15) is 0 Å². The Labute approximate surface area is 188 Å². The van der Waals surface area contributed by atoms with Gasteiger partial charge < -0.3 is 38.3 Å². The zero-order valence-corrected chi connectivity index (χ0v) is 19.1. The first-order chi connectivity index (χ1) is 14.9. The molecule has 0 aromatic rings. The van der Waals surface area contributed by atoms with Crippen molar-refractivity contribution in [3.8, 4) is 0 Å². The molecule has 4 unspecified atom stereocenters. The molecule has 0 fully saturated rings. The lowest BCUT2D eigenvalue weighted by molar-refractivity contribution is -0.142. The molecule has 0 aliphatic carbocycles. The van der Waals surface area contributed by atoms with Crippen LogP contribution in [0.15, 0.2) is 0 Å². The smallest absolute Gasteiger partial charge is 0.326 e. The minimum atomic E-state index is -1.33. The molecular weight excluding hydrogens is 420 g/mol. The van der Waals surface area contributed by atoms with Crippen LogP contribution < -0.4 is 33.2 Å². The van der Waals surface area contributed by atoms with E-state index in [2.05, 4.69) is 16.0 Å². The van der Waals surface area contributed by atoms with E-state index in [1.807, 2.05) is 13.8 Å². The van der Waals surface area contributed by atoms with Gasteiger partial charge in [0.05, 0.1) is 6.04 Å². The van der Waals surface area contributed by atoms with Gasteiger partial charge >= 0.3 is 5.97 Å². The van der Waals surface area contributed by atoms with E-state index in [1.165, 1.54) is 6.92 Å². The zero-order valence-electron chi connectivity index (χ0n) is 19.1. The predicted molar refractivity (Wildman–Crippen MR) is 118 cm³/mol. The summed E-state index contributed by atoms with van der Waals surface area (Å²) in [6.45, 7) is 5.65. The molecule has 184 valence electrons. The highest BCUT2D eigenvalue weighted by Crippen LogP contribution is 2.06. The maximum absolute atomic E-state index is 12.7. The van der Waals surface area contributed by atoms with Crippen molar-refractivity contribution >= 4 is 29.6 Å². The topological polar surface area (TPSA) is 220 Å². The molecule has 0 aliphatic heterocycles. The highest BCUT2D eigenvalue weighted by molar-refractivity contribution is 5.94. The van der Waals surface area contributed by atoms with Crippen LogP contribution in [0.1, 0.15) is 59.3 Å². The Bertz CT molecular complexity index is 656. The third-order valence-electron chi connectivity index (χ3n) is 4.69. The van der Waals surface area contributed by atoms with Crippen LogP contribution in [0.5, 0.6) is 0 Å². The Balaban J connectivity index is 5.06. The molecule has 10 N–H and O–H groups in total. The van der Waals surface area contributed by atoms with Crippen molar-refractivity contribution in [2.24, 2.45) is 23.1 Å². The van der Waals surface area contributed by atoms with Crippen molar-refractivity contribution in [3.63, 3.8) is 0 Å². The second-order valence-electron chi connectivity index (χ2n) is 8.22. The van der Waals surface area contributed by atoms with Gasteiger partial charge in [0.25, 0.3) is 0 Å². The monoisotopic (exact) mass is 458 g/mol. The summed E-state index contributed by atoms with van der Waals surface area (Å²) >= 11 is 0. The third-order valence-corrected chi connectivity index (χ3v) is 4.69. The van der Waals surface area contributed by atoms with E-state index >= 15 is 0 Å². The Morgan fingerprint density at radius 1 is 0.844 bits per heavy atom. The fourth-order valence-electron chi connectivity index (χ4n) is 2.88. The van der Waals surface area contributed by atoms with Crippen molar-refractivity contribution in [1.82, 2.24) is 16.0 Å². The lowest BCUT2D eigenvalue weighted by Crippen LogP contribution is -2.56. The van der Waals surface area contributed by atoms with E-state index in [0.717, 1.165) is 0 Å². The number of aliphatic carboxylic acids is 1. The summed E-state index contributed by atoms with van der Waals surface area (Å²) in [7, 11) is 0. The summed E-state index contributed by atoms with van der Waals surface area (Å²) in [6, 6.07) is -4.12. The Kier molecular flexibility index (Phi) is 13.8. The van der Waals surface area contributed by atoms with Gasteiger partial charge in [-0.3, -0.25) is 19.2 Å². The SMILES string of the molecule is CC(C)CC(N)C(=O)NC(CCCCN)C(=O)NC(C)C(=O)NC(CCC(N)=O)C(=O)O. The van der Waals surface area contributed by atoms with Gasteiger partial charge in [-0.15, -0.1) is 0 Å². The van der Waals surface area contributed by atoms with Gasteiger partial charge in [-0.25, -0.2) is 4.79 Å². The average molecular weight is 459 g/mol. The molecule has 12 nitrogen and oxygen atoms in total. The summed E-state index contributed by atoms with van der Waals surface area (Å²) in [5.41, 5.74) is 16.4. The fourth-order valence-corrected chi connectivity index (χ4v) is 2.88. The van der Waals surface area contributed by atoms with Crippen molar-refractivity contribution in [2.75, 3.05) is 6.54 Å². The highest BCUT2D eigenvalue weighted by Gasteiger charge is 2.28. The molecule has 0 aromatic heterocycles. The lowest BCUT2D eigenvalue weighted by atomic mass is 10.0. The molecule has 0 aromatic carbocycles. The molecule has 0 radical (unpaired) electrons. The maximum atomic E-state index is 12.7. The number of nitrogens with one attached hydrogen (secondary N) is 3. The zero-order chi connectivity index (χ0) is 24.8. The average Bonchev–Trinajstić information content (AvgIpc) is 2.68. The van der Waals surface area contributed by atoms with Crippen LogP contribution in [0.3, 0.4) is 0 Å². The number of rotatable bonds is 16. The fraction of sp³-hybridized carbons (Fsp3) is 0.750. The van der Waals surface area contributed by atoms with Crippen LogP contribution in [-0.2, 0) is 24.0 Å². The summed E-state index contributed by atoms with van der Waals surface area (Å²) in [4.78, 5) is 59.6. The van der Waals surface area contributed by atoms with Gasteiger partial charge in [0.2, 0.25) is 23.6 Å². The molecular formula is C20H38N6O6. The summed E-state index contributed by atoms with van der Waals surface area (Å²) < 4.78 is 0. The molecule has 0 saturated heterocycles. The van der Waals surface area contributed by atoms with Crippen molar-refractivity contribution < 1.29 is 29.1 Å². The molecule has 0 heterocycles. The predicted octanol–water partition coefficient (Wildman–Crippen LogP) is -1.69. The number of carbonyl (C=O) groups is 5. The maximum Gasteiger partial charge on any atom is 0.326 e. The van der Waals surface area contributed by atoms with E-state index in [0.29, 0.717) is 32.2 Å². The Morgan fingerprint density at radius 3 is 1.94 bits per heavy atom. The van der Waals surface area contributed by atoms with Crippen molar-refractivity contribution in [2.45, 2.75) is 83.5 Å². The second kappa shape index (κ2) is 15.1. The minimum absolute atomic E-state index is 0.178. The summed E-state index contributed by atoms with van der Waals surface area (Å²) in [6.07, 6.45) is 1.57. The molecule has 0 saturated carbocycles. The number of amides is 4. The number of hydrogen-bond donors (Lipinski definition) is 7. The molecule has 4 atom stereocenters. The number of carboxylic acid groups (broad SMARTS) is 1. The van der Waals surface area contributed by atoms with Gasteiger partial charge in [0, 0.05) is 6.42 Å². The molecule has 12 heteroatoms. The van der Waals surface area contributed by atoms with Crippen LogP contribution in [0.25, 0.3) is 0 Å². The largest absolute Gasteiger partial charge is 0.480 e. The van der Waals surface area contributed by atoms with Crippen LogP contribution in [0, 0.1) is 5.92 Å². The molecule has 0 bridgehead atoms. The van der Waals surface area contributed by atoms with E-state index < -0.39 is 53.8 Å². The van der Waals surface area contributed by atoms with Crippen LogP contribution in [-0.4, -0.2) is 65.4 Å². The van der Waals surface area contributed by atoms with Crippen molar-refractivity contribution in [3.05, 3.63) is 0 Å². The number of carbonyl (C=O) groups excluding carboxylic acids is 4. The van der Waals surface area contributed by atoms with E-state index in [9.17, 15) is 29.1 Å². The first-order valence-corrected chi connectivity index (χ1v) is 10.8. The standard InChI is InChI=1S/C20H38N6O6/c1-11(2)10-13(22)18(29)25-14(6-4-5-9-21)19(30)24-12(3)17(28)26-15(20(31)32)7-8-16(23)27/h11-15H,4-10,21-22H2,1-3H3,(H2,23,27)(H,24,30)(H,25,29)(H,26,28)(H,31,32). The van der Waals surface area contributed by atoms with Gasteiger partial charge in [-0.1, -0.05) is 13.8 Å². The normalized spacial score (nSPS) is 14.7. The molecule has 0 rings (SSSR count). The molecule has 0 spiro atoms. The number of primary amides is 1. The molecule has 4 amide bonds. The first-order valence-electron chi connectivity index (χ1n) is 10.8. The molecule has 0 aliphatic rings. The van der Waals surface area contributed by atoms with Gasteiger partial charge in [-0.05, 0) is 51.5 Å². The van der Waals surface area contributed by atoms with Crippen molar-refractivity contribution in [1.29, 1.82) is 0 Å². The number of hydrogen-bond acceptors (Lipinski definition) is 7. The third kappa shape index (κ3) is 12.2. The van der Waals surface area contributed by atoms with Crippen LogP contribution in [0.4, 0.5) is 0 Å². The number of nitrogens with two attached hydrogens (primary N) is 3. The Hall–Kier alpha value is -2.73. The van der Waals surface area contributed by atoms with E-state index in [4.69, 9.17) is 17.2 Å². The quantitative estimate of drug-likeness (QED) is 0.132. The number of unbranched alkanes of at least 4 members (excludes halogenated alkanes) is 1. The van der Waals surface area contributed by atoms with Gasteiger partial charge in [0.1, 0.15) is 18.1 Å². The highest BCUT2D eigenvalue weighted by atomic mass is 16.4. The molecule has 32 heavy (non-hydrogen) atoms. The second-order valence-corrected chi connectivity index (χ2v) is 8.22.